The van der Waals surface area contributed by atoms with Crippen LogP contribution in [0, 0.1) is 13.8 Å². The molecule has 0 saturated carbocycles. The van der Waals surface area contributed by atoms with Crippen LogP contribution in [0.2, 0.25) is 0 Å². The Morgan fingerprint density at radius 2 is 2.14 bits per heavy atom. The Balaban J connectivity index is 1.46. The van der Waals surface area contributed by atoms with Gasteiger partial charge in [-0.1, -0.05) is 6.07 Å². The molecule has 0 spiro atoms. The van der Waals surface area contributed by atoms with E-state index in [9.17, 15) is 9.59 Å². The third-order valence-corrected chi connectivity index (χ3v) is 7.41. The van der Waals surface area contributed by atoms with Crippen molar-refractivity contribution in [2.75, 3.05) is 32.8 Å². The number of aryl methyl sites for hydroxylation is 2. The summed E-state index contributed by atoms with van der Waals surface area (Å²) in [7, 11) is 0. The summed E-state index contributed by atoms with van der Waals surface area (Å²) in [5.74, 6) is -0.187. The van der Waals surface area contributed by atoms with E-state index in [0.717, 1.165) is 28.4 Å². The zero-order valence-corrected chi connectivity index (χ0v) is 18.1. The van der Waals surface area contributed by atoms with E-state index in [4.69, 9.17) is 4.74 Å². The first kappa shape index (κ1) is 20.2. The molecule has 0 radical (unpaired) electrons. The highest BCUT2D eigenvalue weighted by Gasteiger charge is 2.24. The van der Waals surface area contributed by atoms with Crippen LogP contribution in [-0.2, 0) is 16.1 Å². The van der Waals surface area contributed by atoms with Crippen molar-refractivity contribution in [1.82, 2.24) is 19.8 Å². The second-order valence-electron chi connectivity index (χ2n) is 7.12. The van der Waals surface area contributed by atoms with Crippen LogP contribution in [-0.4, -0.2) is 53.2 Å². The molecule has 7 nitrogen and oxygen atoms in total. The zero-order valence-electron chi connectivity index (χ0n) is 16.5. The zero-order chi connectivity index (χ0) is 20.4. The number of carbonyl (C=O) groups is 1. The Hall–Kier alpha value is -2.07. The molecule has 9 heteroatoms. The van der Waals surface area contributed by atoms with Gasteiger partial charge >= 0.3 is 0 Å². The second kappa shape index (κ2) is 8.74. The van der Waals surface area contributed by atoms with Crippen LogP contribution < -0.4 is 10.9 Å². The molecule has 1 N–H and O–H groups in total. The lowest BCUT2D eigenvalue weighted by atomic mass is 10.2. The van der Waals surface area contributed by atoms with Gasteiger partial charge < -0.3 is 10.1 Å². The largest absolute Gasteiger partial charge is 0.379 e. The highest BCUT2D eigenvalue weighted by atomic mass is 32.1. The van der Waals surface area contributed by atoms with Crippen LogP contribution in [0.3, 0.4) is 0 Å². The first-order valence-corrected chi connectivity index (χ1v) is 11.3. The van der Waals surface area contributed by atoms with Crippen molar-refractivity contribution < 1.29 is 9.53 Å². The van der Waals surface area contributed by atoms with Gasteiger partial charge in [0.25, 0.3) is 5.56 Å². The Morgan fingerprint density at radius 3 is 2.86 bits per heavy atom. The summed E-state index contributed by atoms with van der Waals surface area (Å²) in [5, 5.41) is 5.68. The summed E-state index contributed by atoms with van der Waals surface area (Å²) in [6.45, 7) is 7.47. The van der Waals surface area contributed by atoms with Crippen molar-refractivity contribution in [2.24, 2.45) is 0 Å². The quantitative estimate of drug-likeness (QED) is 0.647. The number of nitrogens with one attached hydrogen (secondary N) is 1. The maximum atomic E-state index is 12.8. The molecule has 0 aliphatic carbocycles. The number of carbonyl (C=O) groups excluding carboxylic acids is 1. The van der Waals surface area contributed by atoms with E-state index in [1.165, 1.54) is 27.1 Å². The van der Waals surface area contributed by atoms with Crippen molar-refractivity contribution in [3.8, 4) is 0 Å². The van der Waals surface area contributed by atoms with Crippen molar-refractivity contribution in [3.05, 3.63) is 49.5 Å². The molecule has 1 saturated heterocycles. The van der Waals surface area contributed by atoms with Crippen molar-refractivity contribution >= 4 is 38.8 Å². The molecule has 1 atom stereocenters. The van der Waals surface area contributed by atoms with Crippen LogP contribution in [0.4, 0.5) is 0 Å². The number of hydrogen-bond acceptors (Lipinski definition) is 7. The predicted molar refractivity (Wildman–Crippen MR) is 116 cm³/mol. The fraction of sp³-hybridized carbons (Fsp3) is 0.450. The molecule has 0 bridgehead atoms. The molecule has 4 heterocycles. The fourth-order valence-corrected chi connectivity index (χ4v) is 5.43. The molecule has 1 aliphatic rings. The lowest BCUT2D eigenvalue weighted by Crippen LogP contribution is -2.44. The van der Waals surface area contributed by atoms with Gasteiger partial charge in [-0.2, -0.15) is 0 Å². The summed E-state index contributed by atoms with van der Waals surface area (Å²) in [5.41, 5.74) is 0.789. The van der Waals surface area contributed by atoms with Crippen molar-refractivity contribution in [2.45, 2.75) is 26.4 Å². The van der Waals surface area contributed by atoms with Crippen LogP contribution in [0.15, 0.2) is 28.6 Å². The molecule has 29 heavy (non-hydrogen) atoms. The Labute approximate surface area is 176 Å². The highest BCUT2D eigenvalue weighted by Crippen LogP contribution is 2.26. The summed E-state index contributed by atoms with van der Waals surface area (Å²) in [4.78, 5) is 35.1. The topological polar surface area (TPSA) is 76.5 Å². The van der Waals surface area contributed by atoms with Crippen LogP contribution in [0.1, 0.15) is 21.4 Å². The first-order chi connectivity index (χ1) is 14.0. The van der Waals surface area contributed by atoms with Gasteiger partial charge in [0, 0.05) is 29.4 Å². The number of rotatable bonds is 6. The molecule has 3 aromatic rings. The van der Waals surface area contributed by atoms with Gasteiger partial charge in [-0.15, -0.1) is 22.7 Å². The second-order valence-corrected chi connectivity index (χ2v) is 9.31. The predicted octanol–water partition coefficient (Wildman–Crippen LogP) is 2.33. The first-order valence-electron chi connectivity index (χ1n) is 9.61. The molecule has 3 aromatic heterocycles. The van der Waals surface area contributed by atoms with Gasteiger partial charge in [0.1, 0.15) is 11.4 Å². The van der Waals surface area contributed by atoms with Crippen LogP contribution in [0.5, 0.6) is 0 Å². The van der Waals surface area contributed by atoms with E-state index in [1.807, 2.05) is 19.9 Å². The third kappa shape index (κ3) is 4.28. The lowest BCUT2D eigenvalue weighted by Gasteiger charge is -2.34. The number of thiophene rings is 2. The maximum absolute atomic E-state index is 12.8. The van der Waals surface area contributed by atoms with Crippen LogP contribution >= 0.6 is 22.7 Å². The molecule has 4 rings (SSSR count). The molecule has 1 fully saturated rings. The normalized spacial score (nSPS) is 16.2. The van der Waals surface area contributed by atoms with E-state index in [0.29, 0.717) is 25.1 Å². The molecule has 0 aromatic carbocycles. The monoisotopic (exact) mass is 432 g/mol. The summed E-state index contributed by atoms with van der Waals surface area (Å²) in [6, 6.07) is 4.24. The smallest absolute Gasteiger partial charge is 0.262 e. The lowest BCUT2D eigenvalue weighted by molar-refractivity contribution is -0.122. The van der Waals surface area contributed by atoms with E-state index in [2.05, 4.69) is 26.6 Å². The molecule has 0 unspecified atom stereocenters. The molecule has 1 aliphatic heterocycles. The van der Waals surface area contributed by atoms with E-state index >= 15 is 0 Å². The number of morpholine rings is 1. The molecular formula is C20H24N4O3S2. The minimum absolute atomic E-state index is 0.0314. The average Bonchev–Trinajstić information content (AvgIpc) is 3.34. The summed E-state index contributed by atoms with van der Waals surface area (Å²) >= 11 is 3.20. The SMILES string of the molecule is Cc1sc2ncn(CC(=O)NC[C@@H](c3cccs3)N3CCOCC3)c(=O)c2c1C. The molecule has 1 amide bonds. The number of aromatic nitrogens is 2. The van der Waals surface area contributed by atoms with E-state index in [1.54, 1.807) is 11.3 Å². The number of ether oxygens (including phenoxy) is 1. The number of fused-ring (bicyclic) bond motifs is 1. The standard InChI is InChI=1S/C20H24N4O3S2/c1-13-14(2)29-19-18(13)20(26)24(12-22-19)11-17(25)21-10-15(16-4-3-9-28-16)23-5-7-27-8-6-23/h3-4,9,12,15H,5-8,10-11H2,1-2H3,(H,21,25)/t15-/m0/s1. The fourth-order valence-electron chi connectivity index (χ4n) is 3.58. The Kier molecular flexibility index (Phi) is 6.09. The summed E-state index contributed by atoms with van der Waals surface area (Å²) < 4.78 is 6.86. The molecule has 154 valence electrons. The molecular weight excluding hydrogens is 408 g/mol. The average molecular weight is 433 g/mol. The maximum Gasteiger partial charge on any atom is 0.262 e. The van der Waals surface area contributed by atoms with Gasteiger partial charge in [0.15, 0.2) is 0 Å². The summed E-state index contributed by atoms with van der Waals surface area (Å²) in [6.07, 6.45) is 1.47. The highest BCUT2D eigenvalue weighted by molar-refractivity contribution is 7.18. The number of amides is 1. The van der Waals surface area contributed by atoms with Crippen molar-refractivity contribution in [3.63, 3.8) is 0 Å². The number of nitrogens with zero attached hydrogens (tertiary/aromatic N) is 3. The van der Waals surface area contributed by atoms with Gasteiger partial charge in [-0.05, 0) is 30.9 Å². The number of hydrogen-bond donors (Lipinski definition) is 1. The minimum Gasteiger partial charge on any atom is -0.379 e. The Bertz CT molecular complexity index is 1050. The van der Waals surface area contributed by atoms with E-state index < -0.39 is 0 Å². The third-order valence-electron chi connectivity index (χ3n) is 5.32. The van der Waals surface area contributed by atoms with E-state index in [-0.39, 0.29) is 24.1 Å². The van der Waals surface area contributed by atoms with Crippen LogP contribution in [0.25, 0.3) is 10.2 Å². The van der Waals surface area contributed by atoms with Crippen molar-refractivity contribution in [1.29, 1.82) is 0 Å². The van der Waals surface area contributed by atoms with Gasteiger partial charge in [-0.3, -0.25) is 19.1 Å². The Morgan fingerprint density at radius 1 is 1.34 bits per heavy atom. The van der Waals surface area contributed by atoms with Gasteiger partial charge in [0.05, 0.1) is 31.0 Å². The van der Waals surface area contributed by atoms with Gasteiger partial charge in [0.2, 0.25) is 5.91 Å². The minimum atomic E-state index is -0.187. The van der Waals surface area contributed by atoms with Gasteiger partial charge in [-0.25, -0.2) is 4.98 Å².